The first-order valence-electron chi connectivity index (χ1n) is 4.06. The summed E-state index contributed by atoms with van der Waals surface area (Å²) in [5.74, 6) is 0.171. The molecule has 1 aromatic rings. The van der Waals surface area contributed by atoms with Crippen LogP contribution in [-0.4, -0.2) is 14.2 Å². The van der Waals surface area contributed by atoms with Crippen LogP contribution in [-0.2, 0) is 15.5 Å². The normalized spacial score (nSPS) is 20.5. The van der Waals surface area contributed by atoms with Crippen LogP contribution in [0.25, 0.3) is 0 Å². The van der Waals surface area contributed by atoms with Crippen molar-refractivity contribution in [2.24, 2.45) is 0 Å². The second-order valence-electron chi connectivity index (χ2n) is 3.31. The van der Waals surface area contributed by atoms with E-state index in [1.165, 1.54) is 5.56 Å². The third kappa shape index (κ3) is 1.86. The van der Waals surface area contributed by atoms with Gasteiger partial charge in [-0.05, 0) is 17.5 Å². The monoisotopic (exact) mass is 216 g/mol. The molecule has 0 radical (unpaired) electrons. The zero-order valence-corrected chi connectivity index (χ0v) is 8.48. The predicted molar refractivity (Wildman–Crippen MR) is 52.5 cm³/mol. The van der Waals surface area contributed by atoms with Crippen LogP contribution in [0.2, 0.25) is 0 Å². The lowest BCUT2D eigenvalue weighted by atomic mass is 9.79. The lowest BCUT2D eigenvalue weighted by Crippen LogP contribution is -2.22. The molecular weight excluding hydrogens is 208 g/mol. The van der Waals surface area contributed by atoms with Crippen LogP contribution in [0.5, 0.6) is 0 Å². The Labute approximate surface area is 82.0 Å². The molecule has 1 atom stereocenters. The molecule has 0 spiro atoms. The molecule has 0 aromatic heterocycles. The van der Waals surface area contributed by atoms with Gasteiger partial charge in [0.15, 0.2) is 0 Å². The van der Waals surface area contributed by atoms with E-state index in [0.717, 1.165) is 12.0 Å². The third-order valence-electron chi connectivity index (χ3n) is 2.36. The highest BCUT2D eigenvalue weighted by atomic mass is 35.7. The van der Waals surface area contributed by atoms with Crippen molar-refractivity contribution in [3.05, 3.63) is 35.4 Å². The Morgan fingerprint density at radius 1 is 1.38 bits per heavy atom. The van der Waals surface area contributed by atoms with Gasteiger partial charge in [0.25, 0.3) is 0 Å². The molecule has 0 heterocycles. The van der Waals surface area contributed by atoms with Crippen molar-refractivity contribution in [1.29, 1.82) is 0 Å². The summed E-state index contributed by atoms with van der Waals surface area (Å²) >= 11 is 0. The van der Waals surface area contributed by atoms with Gasteiger partial charge < -0.3 is 0 Å². The van der Waals surface area contributed by atoms with E-state index < -0.39 is 9.05 Å². The molecule has 13 heavy (non-hydrogen) atoms. The molecule has 1 aromatic carbocycles. The average molecular weight is 217 g/mol. The molecular formula is C9H9ClO2S. The highest BCUT2D eigenvalue weighted by molar-refractivity contribution is 8.13. The highest BCUT2D eigenvalue weighted by Gasteiger charge is 2.28. The first-order valence-corrected chi connectivity index (χ1v) is 6.54. The standard InChI is InChI=1S/C9H9ClO2S/c10-13(11,12)6-8-5-7-3-1-2-4-9(7)8/h1-4,8H,5-6H2. The molecule has 1 aliphatic rings. The summed E-state index contributed by atoms with van der Waals surface area (Å²) in [7, 11) is 1.82. The SMILES string of the molecule is O=S(=O)(Cl)CC1Cc2ccccc21. The molecule has 0 saturated heterocycles. The molecule has 70 valence electrons. The third-order valence-corrected chi connectivity index (χ3v) is 3.54. The number of benzene rings is 1. The maximum atomic E-state index is 10.8. The molecule has 0 saturated carbocycles. The van der Waals surface area contributed by atoms with Gasteiger partial charge in [0.2, 0.25) is 9.05 Å². The zero-order chi connectivity index (χ0) is 9.47. The van der Waals surface area contributed by atoms with E-state index in [1.54, 1.807) is 0 Å². The summed E-state index contributed by atoms with van der Waals surface area (Å²) in [6, 6.07) is 7.87. The predicted octanol–water partition coefficient (Wildman–Crippen LogP) is 1.89. The van der Waals surface area contributed by atoms with E-state index in [-0.39, 0.29) is 11.7 Å². The summed E-state index contributed by atoms with van der Waals surface area (Å²) in [4.78, 5) is 0. The number of hydrogen-bond acceptors (Lipinski definition) is 2. The van der Waals surface area contributed by atoms with Gasteiger partial charge in [-0.1, -0.05) is 24.3 Å². The van der Waals surface area contributed by atoms with E-state index in [9.17, 15) is 8.42 Å². The lowest BCUT2D eigenvalue weighted by Gasteiger charge is -2.28. The molecule has 2 nitrogen and oxygen atoms in total. The molecule has 4 heteroatoms. The Morgan fingerprint density at radius 3 is 2.69 bits per heavy atom. The van der Waals surface area contributed by atoms with Crippen LogP contribution in [0.15, 0.2) is 24.3 Å². The van der Waals surface area contributed by atoms with Gasteiger partial charge in [-0.15, -0.1) is 0 Å². The first kappa shape index (κ1) is 9.03. The highest BCUT2D eigenvalue weighted by Crippen LogP contribution is 2.36. The van der Waals surface area contributed by atoms with Crippen LogP contribution < -0.4 is 0 Å². The number of hydrogen-bond donors (Lipinski definition) is 0. The van der Waals surface area contributed by atoms with Crippen LogP contribution >= 0.6 is 10.7 Å². The molecule has 0 N–H and O–H groups in total. The molecule has 0 aliphatic heterocycles. The van der Waals surface area contributed by atoms with E-state index in [0.29, 0.717) is 0 Å². The smallest absolute Gasteiger partial charge is 0.212 e. The molecule has 0 bridgehead atoms. The van der Waals surface area contributed by atoms with Crippen LogP contribution in [0.4, 0.5) is 0 Å². The van der Waals surface area contributed by atoms with E-state index in [1.807, 2.05) is 24.3 Å². The summed E-state index contributed by atoms with van der Waals surface area (Å²) in [6.07, 6.45) is 0.835. The Kier molecular flexibility index (Phi) is 2.08. The number of fused-ring (bicyclic) bond motifs is 1. The Bertz CT molecular complexity index is 425. The number of halogens is 1. The Hall–Kier alpha value is -0.540. The Morgan fingerprint density at radius 2 is 2.08 bits per heavy atom. The first-order chi connectivity index (χ1) is 6.06. The van der Waals surface area contributed by atoms with Gasteiger partial charge in [0.1, 0.15) is 0 Å². The van der Waals surface area contributed by atoms with Crippen molar-refractivity contribution in [1.82, 2.24) is 0 Å². The second-order valence-corrected chi connectivity index (χ2v) is 6.13. The summed E-state index contributed by atoms with van der Waals surface area (Å²) in [5, 5.41) is 0. The average Bonchev–Trinajstić information content (AvgIpc) is 1.99. The molecule has 1 aliphatic carbocycles. The maximum Gasteiger partial charge on any atom is 0.233 e. The lowest BCUT2D eigenvalue weighted by molar-refractivity contribution is 0.590. The molecule has 0 amide bonds. The minimum absolute atomic E-state index is 0.0611. The van der Waals surface area contributed by atoms with Crippen molar-refractivity contribution >= 4 is 19.7 Å². The quantitative estimate of drug-likeness (QED) is 0.708. The van der Waals surface area contributed by atoms with Gasteiger partial charge >= 0.3 is 0 Å². The fourth-order valence-electron chi connectivity index (χ4n) is 1.75. The van der Waals surface area contributed by atoms with E-state index in [4.69, 9.17) is 10.7 Å². The molecule has 2 rings (SSSR count). The fourth-order valence-corrected chi connectivity index (χ4v) is 2.99. The van der Waals surface area contributed by atoms with Crippen molar-refractivity contribution in [3.8, 4) is 0 Å². The van der Waals surface area contributed by atoms with Crippen molar-refractivity contribution in [2.45, 2.75) is 12.3 Å². The summed E-state index contributed by atoms with van der Waals surface area (Å²) in [6.45, 7) is 0. The Balaban J connectivity index is 2.19. The van der Waals surface area contributed by atoms with E-state index in [2.05, 4.69) is 0 Å². The van der Waals surface area contributed by atoms with Crippen molar-refractivity contribution < 1.29 is 8.42 Å². The van der Waals surface area contributed by atoms with Gasteiger partial charge in [-0.25, -0.2) is 8.42 Å². The number of rotatable bonds is 2. The van der Waals surface area contributed by atoms with Crippen LogP contribution in [0, 0.1) is 0 Å². The van der Waals surface area contributed by atoms with Gasteiger partial charge in [-0.2, -0.15) is 0 Å². The van der Waals surface area contributed by atoms with Gasteiger partial charge in [0.05, 0.1) is 5.75 Å². The second kappa shape index (κ2) is 3.00. The van der Waals surface area contributed by atoms with Crippen LogP contribution in [0.1, 0.15) is 17.0 Å². The summed E-state index contributed by atoms with van der Waals surface area (Å²) in [5.41, 5.74) is 2.37. The minimum atomic E-state index is -3.35. The topological polar surface area (TPSA) is 34.1 Å². The van der Waals surface area contributed by atoms with Gasteiger partial charge in [0, 0.05) is 16.6 Å². The molecule has 0 fully saturated rings. The molecule has 1 unspecified atom stereocenters. The fraction of sp³-hybridized carbons (Fsp3) is 0.333. The van der Waals surface area contributed by atoms with Crippen LogP contribution in [0.3, 0.4) is 0 Å². The van der Waals surface area contributed by atoms with E-state index >= 15 is 0 Å². The van der Waals surface area contributed by atoms with Crippen molar-refractivity contribution in [3.63, 3.8) is 0 Å². The van der Waals surface area contributed by atoms with Gasteiger partial charge in [-0.3, -0.25) is 0 Å². The maximum absolute atomic E-state index is 10.8. The largest absolute Gasteiger partial charge is 0.233 e. The zero-order valence-electron chi connectivity index (χ0n) is 6.90. The summed E-state index contributed by atoms with van der Waals surface area (Å²) < 4.78 is 21.6. The van der Waals surface area contributed by atoms with Crippen molar-refractivity contribution in [2.75, 3.05) is 5.75 Å². The minimum Gasteiger partial charge on any atom is -0.212 e.